The van der Waals surface area contributed by atoms with Gasteiger partial charge in [-0.1, -0.05) is 44.9 Å². The summed E-state index contributed by atoms with van der Waals surface area (Å²) in [5.74, 6) is 12.8. The van der Waals surface area contributed by atoms with Gasteiger partial charge in [-0.25, -0.2) is 0 Å². The van der Waals surface area contributed by atoms with Crippen LogP contribution in [0, 0.1) is 53.3 Å². The van der Waals surface area contributed by atoms with Crippen LogP contribution in [0.15, 0.2) is 24.4 Å². The standard InChI is InChI=1S/C24H37N.C3H7N.C2H6/c1-4-5-6-17-7-12-23-22-11-10-19-18(16(2)3)8-9-20(19)21(22)13-14-24(23,25)15-17;1-2-3-4;1-2/h17-23H,2,4,7-15,25H2,1,3H3;2-3H,4H2,1H3;1-2H3/b;3-2-;. The molecular weight excluding hydrogens is 376 g/mol. The molecular formula is C29H50N2. The van der Waals surface area contributed by atoms with E-state index < -0.39 is 0 Å². The second kappa shape index (κ2) is 12.2. The van der Waals surface area contributed by atoms with E-state index in [4.69, 9.17) is 11.5 Å². The molecule has 4 saturated carbocycles. The summed E-state index contributed by atoms with van der Waals surface area (Å²) in [4.78, 5) is 0. The molecule has 0 radical (unpaired) electrons. The summed E-state index contributed by atoms with van der Waals surface area (Å²) in [7, 11) is 0. The zero-order valence-electron chi connectivity index (χ0n) is 21.1. The summed E-state index contributed by atoms with van der Waals surface area (Å²) < 4.78 is 0. The Bertz CT molecular complexity index is 649. The molecule has 8 unspecified atom stereocenters. The highest BCUT2D eigenvalue weighted by atomic mass is 14.8. The first kappa shape index (κ1) is 26.1. The summed E-state index contributed by atoms with van der Waals surface area (Å²) in [6.07, 6.45) is 16.4. The van der Waals surface area contributed by atoms with Crippen molar-refractivity contribution in [3.05, 3.63) is 24.4 Å². The van der Waals surface area contributed by atoms with Gasteiger partial charge in [0, 0.05) is 17.9 Å². The molecule has 0 aromatic carbocycles. The van der Waals surface area contributed by atoms with Crippen LogP contribution >= 0.6 is 0 Å². The van der Waals surface area contributed by atoms with Crippen LogP contribution in [0.2, 0.25) is 0 Å². The lowest BCUT2D eigenvalue weighted by molar-refractivity contribution is -0.0416. The van der Waals surface area contributed by atoms with E-state index in [1.54, 1.807) is 6.08 Å². The van der Waals surface area contributed by atoms with Gasteiger partial charge in [-0.2, -0.15) is 0 Å². The molecule has 176 valence electrons. The summed E-state index contributed by atoms with van der Waals surface area (Å²) in [5.41, 5.74) is 13.4. The fourth-order valence-corrected chi connectivity index (χ4v) is 7.61. The van der Waals surface area contributed by atoms with Gasteiger partial charge in [0.2, 0.25) is 0 Å². The Hall–Kier alpha value is -1.20. The van der Waals surface area contributed by atoms with Crippen LogP contribution in [0.4, 0.5) is 0 Å². The van der Waals surface area contributed by atoms with Gasteiger partial charge in [-0.3, -0.25) is 0 Å². The van der Waals surface area contributed by atoms with E-state index in [1.807, 2.05) is 20.8 Å². The SMILES string of the molecule is C/C=C\N.C=C(C)C1CCC2C1CCC1C2CCC2(N)CC(C#CCC)CCC12.CC. The molecule has 4 N–H and O–H groups in total. The molecule has 2 heteroatoms. The molecule has 4 fully saturated rings. The van der Waals surface area contributed by atoms with Crippen molar-refractivity contribution in [1.82, 2.24) is 0 Å². The first-order chi connectivity index (χ1) is 14.9. The van der Waals surface area contributed by atoms with Gasteiger partial charge in [-0.05, 0) is 113 Å². The van der Waals surface area contributed by atoms with Crippen molar-refractivity contribution < 1.29 is 0 Å². The largest absolute Gasteiger partial charge is 0.405 e. The molecule has 8 atom stereocenters. The van der Waals surface area contributed by atoms with E-state index in [-0.39, 0.29) is 5.54 Å². The first-order valence-electron chi connectivity index (χ1n) is 13.2. The average Bonchev–Trinajstić information content (AvgIpc) is 3.23. The number of allylic oxidation sites excluding steroid dienone is 2. The fourth-order valence-electron chi connectivity index (χ4n) is 7.61. The van der Waals surface area contributed by atoms with Crippen LogP contribution in [0.25, 0.3) is 0 Å². The van der Waals surface area contributed by atoms with E-state index >= 15 is 0 Å². The van der Waals surface area contributed by atoms with Crippen LogP contribution < -0.4 is 11.5 Å². The second-order valence-electron chi connectivity index (χ2n) is 10.3. The van der Waals surface area contributed by atoms with E-state index in [0.29, 0.717) is 5.92 Å². The van der Waals surface area contributed by atoms with Crippen LogP contribution in [0.3, 0.4) is 0 Å². The van der Waals surface area contributed by atoms with E-state index in [9.17, 15) is 0 Å². The molecule has 0 bridgehead atoms. The third-order valence-corrected chi connectivity index (χ3v) is 8.77. The predicted octanol–water partition coefficient (Wildman–Crippen LogP) is 7.06. The van der Waals surface area contributed by atoms with Gasteiger partial charge in [0.25, 0.3) is 0 Å². The minimum atomic E-state index is 0.0890. The summed E-state index contributed by atoms with van der Waals surface area (Å²) in [5, 5.41) is 0. The fraction of sp³-hybridized carbons (Fsp3) is 0.793. The van der Waals surface area contributed by atoms with Crippen molar-refractivity contribution in [3.63, 3.8) is 0 Å². The smallest absolute Gasteiger partial charge is 0.0220 e. The van der Waals surface area contributed by atoms with Crippen molar-refractivity contribution >= 4 is 0 Å². The molecule has 4 rings (SSSR count). The Morgan fingerprint density at radius 3 is 2.23 bits per heavy atom. The number of hydrogen-bond donors (Lipinski definition) is 2. The lowest BCUT2D eigenvalue weighted by Crippen LogP contribution is -2.59. The number of fused-ring (bicyclic) bond motifs is 5. The second-order valence-corrected chi connectivity index (χ2v) is 10.3. The molecule has 0 aromatic rings. The summed E-state index contributed by atoms with van der Waals surface area (Å²) in [6.45, 7) is 14.6. The van der Waals surface area contributed by atoms with Gasteiger partial charge in [-0.15, -0.1) is 5.92 Å². The molecule has 0 aromatic heterocycles. The maximum Gasteiger partial charge on any atom is 0.0220 e. The third kappa shape index (κ3) is 5.78. The van der Waals surface area contributed by atoms with E-state index in [0.717, 1.165) is 48.3 Å². The molecule has 0 amide bonds. The van der Waals surface area contributed by atoms with Crippen molar-refractivity contribution in [2.24, 2.45) is 52.9 Å². The summed E-state index contributed by atoms with van der Waals surface area (Å²) >= 11 is 0. The third-order valence-electron chi connectivity index (χ3n) is 8.77. The Kier molecular flexibility index (Phi) is 10.2. The minimum absolute atomic E-state index is 0.0890. The summed E-state index contributed by atoms with van der Waals surface area (Å²) in [6, 6.07) is 0. The first-order valence-corrected chi connectivity index (χ1v) is 13.2. The van der Waals surface area contributed by atoms with Gasteiger partial charge in [0.1, 0.15) is 0 Å². The average molecular weight is 427 g/mol. The van der Waals surface area contributed by atoms with Crippen LogP contribution in [0.5, 0.6) is 0 Å². The van der Waals surface area contributed by atoms with Gasteiger partial charge in [0.05, 0.1) is 0 Å². The molecule has 4 aliphatic rings. The monoisotopic (exact) mass is 426 g/mol. The maximum absolute atomic E-state index is 7.06. The lowest BCUT2D eigenvalue weighted by Gasteiger charge is -2.57. The molecule has 0 saturated heterocycles. The Morgan fingerprint density at radius 1 is 1.00 bits per heavy atom. The van der Waals surface area contributed by atoms with Crippen molar-refractivity contribution in [3.8, 4) is 11.8 Å². The van der Waals surface area contributed by atoms with Crippen LogP contribution in [-0.4, -0.2) is 5.54 Å². The molecule has 0 aliphatic heterocycles. The van der Waals surface area contributed by atoms with Gasteiger partial charge in [0.15, 0.2) is 0 Å². The van der Waals surface area contributed by atoms with Gasteiger partial charge >= 0.3 is 0 Å². The normalized spacial score (nSPS) is 40.5. The number of rotatable bonds is 1. The highest BCUT2D eigenvalue weighted by molar-refractivity contribution is 5.15. The van der Waals surface area contributed by atoms with E-state index in [1.165, 1.54) is 63.1 Å². The Balaban J connectivity index is 0.000000513. The zero-order chi connectivity index (χ0) is 23.0. The Morgan fingerprint density at radius 2 is 1.61 bits per heavy atom. The van der Waals surface area contributed by atoms with Gasteiger partial charge < -0.3 is 11.5 Å². The zero-order valence-corrected chi connectivity index (χ0v) is 21.1. The van der Waals surface area contributed by atoms with Crippen molar-refractivity contribution in [2.45, 2.75) is 104 Å². The predicted molar refractivity (Wildman–Crippen MR) is 136 cm³/mol. The molecule has 0 spiro atoms. The number of nitrogens with two attached hydrogens (primary N) is 2. The highest BCUT2D eigenvalue weighted by Gasteiger charge is 2.55. The van der Waals surface area contributed by atoms with Crippen LogP contribution in [-0.2, 0) is 0 Å². The van der Waals surface area contributed by atoms with E-state index in [2.05, 4.69) is 32.3 Å². The lowest BCUT2D eigenvalue weighted by atomic mass is 9.50. The highest BCUT2D eigenvalue weighted by Crippen LogP contribution is 2.60. The minimum Gasteiger partial charge on any atom is -0.405 e. The maximum atomic E-state index is 7.06. The number of hydrogen-bond acceptors (Lipinski definition) is 2. The molecule has 31 heavy (non-hydrogen) atoms. The van der Waals surface area contributed by atoms with Crippen molar-refractivity contribution in [2.75, 3.05) is 0 Å². The molecule has 4 aliphatic carbocycles. The molecule has 0 heterocycles. The Labute approximate surface area is 193 Å². The van der Waals surface area contributed by atoms with Crippen molar-refractivity contribution in [1.29, 1.82) is 0 Å². The topological polar surface area (TPSA) is 52.0 Å². The molecule has 2 nitrogen and oxygen atoms in total. The van der Waals surface area contributed by atoms with Crippen LogP contribution in [0.1, 0.15) is 98.8 Å². The quantitative estimate of drug-likeness (QED) is 0.348.